The Morgan fingerprint density at radius 2 is 2.37 bits per heavy atom. The third-order valence-electron chi connectivity index (χ3n) is 3.22. The van der Waals surface area contributed by atoms with Crippen molar-refractivity contribution in [2.45, 2.75) is 32.4 Å². The average Bonchev–Trinajstić information content (AvgIpc) is 2.75. The van der Waals surface area contributed by atoms with E-state index in [1.54, 1.807) is 4.68 Å². The summed E-state index contributed by atoms with van der Waals surface area (Å²) in [5.74, 6) is 2.54. The topological polar surface area (TPSA) is 75.4 Å². The molecule has 0 unspecified atom stereocenters. The van der Waals surface area contributed by atoms with E-state index in [-0.39, 0.29) is 6.54 Å². The Hall–Kier alpha value is -2.29. The van der Waals surface area contributed by atoms with Crippen LogP contribution in [0.5, 0.6) is 0 Å². The van der Waals surface area contributed by atoms with Gasteiger partial charge in [0.25, 0.3) is 0 Å². The molecule has 0 radical (unpaired) electrons. The Balaban J connectivity index is 2.23. The number of aromatic nitrogens is 2. The smallest absolute Gasteiger partial charge is 0.407 e. The molecule has 2 rings (SSSR count). The Kier molecular flexibility index (Phi) is 3.85. The van der Waals surface area contributed by atoms with Gasteiger partial charge in [-0.05, 0) is 6.42 Å². The van der Waals surface area contributed by atoms with Crippen molar-refractivity contribution in [1.29, 1.82) is 0 Å². The minimum absolute atomic E-state index is 0.230. The molecular weight excluding hydrogens is 246 g/mol. The Labute approximate surface area is 111 Å². The highest BCUT2D eigenvalue weighted by atomic mass is 16.4. The van der Waals surface area contributed by atoms with Crippen LogP contribution in [0, 0.1) is 12.3 Å². The summed E-state index contributed by atoms with van der Waals surface area (Å²) >= 11 is 0. The monoisotopic (exact) mass is 261 g/mol. The largest absolute Gasteiger partial charge is 0.465 e. The highest BCUT2D eigenvalue weighted by molar-refractivity contribution is 5.76. The lowest BCUT2D eigenvalue weighted by atomic mass is 10.1. The zero-order valence-corrected chi connectivity index (χ0v) is 10.5. The van der Waals surface area contributed by atoms with Crippen molar-refractivity contribution in [3.8, 4) is 12.3 Å². The molecule has 6 heteroatoms. The van der Waals surface area contributed by atoms with E-state index in [0.29, 0.717) is 31.6 Å². The molecule has 1 aromatic heterocycles. The van der Waals surface area contributed by atoms with E-state index < -0.39 is 6.09 Å². The lowest BCUT2D eigenvalue weighted by molar-refractivity contribution is 0.110. The fourth-order valence-corrected chi connectivity index (χ4v) is 2.24. The summed E-state index contributed by atoms with van der Waals surface area (Å²) < 4.78 is 1.64. The van der Waals surface area contributed by atoms with Gasteiger partial charge in [0, 0.05) is 31.5 Å². The van der Waals surface area contributed by atoms with Gasteiger partial charge < -0.3 is 10.0 Å². The normalized spacial score (nSPS) is 13.7. The molecule has 100 valence electrons. The maximum absolute atomic E-state index is 11.2. The van der Waals surface area contributed by atoms with E-state index in [4.69, 9.17) is 11.5 Å². The molecule has 1 aliphatic rings. The number of fused-ring (bicyclic) bond motifs is 1. The number of aryl methyl sites for hydroxylation is 1. The van der Waals surface area contributed by atoms with E-state index in [9.17, 15) is 9.59 Å². The number of rotatable bonds is 4. The summed E-state index contributed by atoms with van der Waals surface area (Å²) in [6.07, 6.45) is 6.89. The maximum atomic E-state index is 11.2. The third-order valence-corrected chi connectivity index (χ3v) is 3.22. The number of terminal acetylenes is 1. The van der Waals surface area contributed by atoms with Gasteiger partial charge in [-0.2, -0.15) is 5.10 Å². The molecule has 1 aliphatic heterocycles. The number of hydrogen-bond donors (Lipinski definition) is 1. The summed E-state index contributed by atoms with van der Waals surface area (Å²) in [6.45, 7) is 1.23. The lowest BCUT2D eigenvalue weighted by Gasteiger charge is -2.23. The zero-order chi connectivity index (χ0) is 13.8. The quantitative estimate of drug-likeness (QED) is 0.501. The number of aldehydes is 1. The molecule has 0 aromatic carbocycles. The molecule has 0 saturated carbocycles. The minimum atomic E-state index is -0.970. The standard InChI is InChI=1S/C13H15N3O3/c1-2-3-4-6-16-12(9-17)10-8-15(13(18)19)7-5-11(10)14-16/h1,9H,3-8H2,(H,18,19). The number of amides is 1. The number of nitrogens with zero attached hydrogens (tertiary/aromatic N) is 3. The summed E-state index contributed by atoms with van der Waals surface area (Å²) in [6, 6.07) is 0. The lowest BCUT2D eigenvalue weighted by Crippen LogP contribution is -2.34. The number of carboxylic acid groups (broad SMARTS) is 1. The molecule has 19 heavy (non-hydrogen) atoms. The average molecular weight is 261 g/mol. The van der Waals surface area contributed by atoms with Gasteiger partial charge in [0.1, 0.15) is 5.69 Å². The van der Waals surface area contributed by atoms with Gasteiger partial charge in [-0.15, -0.1) is 12.3 Å². The van der Waals surface area contributed by atoms with Gasteiger partial charge in [-0.3, -0.25) is 9.48 Å². The molecule has 6 nitrogen and oxygen atoms in total. The second kappa shape index (κ2) is 5.57. The molecule has 0 fully saturated rings. The second-order valence-corrected chi connectivity index (χ2v) is 4.41. The molecule has 1 aromatic rings. The van der Waals surface area contributed by atoms with Crippen LogP contribution in [-0.4, -0.2) is 38.7 Å². The van der Waals surface area contributed by atoms with Gasteiger partial charge in [0.2, 0.25) is 0 Å². The van der Waals surface area contributed by atoms with E-state index in [1.807, 2.05) is 0 Å². The number of carbonyl (C=O) groups is 2. The zero-order valence-electron chi connectivity index (χ0n) is 10.5. The highest BCUT2D eigenvalue weighted by Gasteiger charge is 2.26. The minimum Gasteiger partial charge on any atom is -0.465 e. The van der Waals surface area contributed by atoms with Crippen molar-refractivity contribution in [2.24, 2.45) is 0 Å². The van der Waals surface area contributed by atoms with Crippen molar-refractivity contribution in [2.75, 3.05) is 6.54 Å². The van der Waals surface area contributed by atoms with Crippen molar-refractivity contribution in [3.05, 3.63) is 17.0 Å². The first-order valence-corrected chi connectivity index (χ1v) is 6.12. The molecule has 0 bridgehead atoms. The molecular formula is C13H15N3O3. The van der Waals surface area contributed by atoms with Crippen LogP contribution < -0.4 is 0 Å². The molecule has 0 spiro atoms. The Morgan fingerprint density at radius 3 is 3.00 bits per heavy atom. The van der Waals surface area contributed by atoms with Crippen LogP contribution >= 0.6 is 0 Å². The van der Waals surface area contributed by atoms with Crippen LogP contribution in [0.4, 0.5) is 4.79 Å². The molecule has 2 heterocycles. The van der Waals surface area contributed by atoms with Crippen molar-refractivity contribution < 1.29 is 14.7 Å². The van der Waals surface area contributed by atoms with Crippen LogP contribution in [0.15, 0.2) is 0 Å². The van der Waals surface area contributed by atoms with E-state index in [2.05, 4.69) is 11.0 Å². The van der Waals surface area contributed by atoms with Gasteiger partial charge >= 0.3 is 6.09 Å². The van der Waals surface area contributed by atoms with Crippen LogP contribution in [0.2, 0.25) is 0 Å². The molecule has 1 N–H and O–H groups in total. The van der Waals surface area contributed by atoms with Crippen LogP contribution in [0.1, 0.15) is 34.6 Å². The van der Waals surface area contributed by atoms with E-state index >= 15 is 0 Å². The SMILES string of the molecule is C#CCCCn1nc2c(c1C=O)CN(C(=O)O)CC2. The summed E-state index contributed by atoms with van der Waals surface area (Å²) in [4.78, 5) is 23.5. The Morgan fingerprint density at radius 1 is 1.58 bits per heavy atom. The van der Waals surface area contributed by atoms with E-state index in [1.165, 1.54) is 4.90 Å². The summed E-state index contributed by atoms with van der Waals surface area (Å²) in [5.41, 5.74) is 2.02. The van der Waals surface area contributed by atoms with Gasteiger partial charge in [0.05, 0.1) is 12.2 Å². The fraction of sp³-hybridized carbons (Fsp3) is 0.462. The van der Waals surface area contributed by atoms with E-state index in [0.717, 1.165) is 24.0 Å². The van der Waals surface area contributed by atoms with Crippen LogP contribution in [-0.2, 0) is 19.5 Å². The highest BCUT2D eigenvalue weighted by Crippen LogP contribution is 2.21. The van der Waals surface area contributed by atoms with Gasteiger partial charge in [0.15, 0.2) is 6.29 Å². The fourth-order valence-electron chi connectivity index (χ4n) is 2.24. The van der Waals surface area contributed by atoms with Crippen LogP contribution in [0.25, 0.3) is 0 Å². The van der Waals surface area contributed by atoms with Crippen molar-refractivity contribution >= 4 is 12.4 Å². The van der Waals surface area contributed by atoms with Gasteiger partial charge in [-0.25, -0.2) is 4.79 Å². The van der Waals surface area contributed by atoms with Crippen molar-refractivity contribution in [1.82, 2.24) is 14.7 Å². The molecule has 0 aliphatic carbocycles. The first-order valence-electron chi connectivity index (χ1n) is 6.12. The number of hydrogen-bond acceptors (Lipinski definition) is 3. The number of carbonyl (C=O) groups excluding carboxylic acids is 1. The predicted octanol–water partition coefficient (Wildman–Crippen LogP) is 1.15. The predicted molar refractivity (Wildman–Crippen MR) is 67.8 cm³/mol. The summed E-state index contributed by atoms with van der Waals surface area (Å²) in [5, 5.41) is 13.4. The molecule has 0 atom stereocenters. The molecule has 0 saturated heterocycles. The third kappa shape index (κ3) is 2.60. The first-order chi connectivity index (χ1) is 9.17. The summed E-state index contributed by atoms with van der Waals surface area (Å²) in [7, 11) is 0. The maximum Gasteiger partial charge on any atom is 0.407 e. The Bertz CT molecular complexity index is 542. The second-order valence-electron chi connectivity index (χ2n) is 4.41. The first kappa shape index (κ1) is 13.1. The van der Waals surface area contributed by atoms with Crippen LogP contribution in [0.3, 0.4) is 0 Å². The molecule has 1 amide bonds. The van der Waals surface area contributed by atoms with Crippen molar-refractivity contribution in [3.63, 3.8) is 0 Å². The van der Waals surface area contributed by atoms with Gasteiger partial charge in [-0.1, -0.05) is 0 Å². The number of unbranched alkanes of at least 4 members (excludes halogenated alkanes) is 1.